The van der Waals surface area contributed by atoms with Crippen LogP contribution < -0.4 is 10.2 Å². The predicted molar refractivity (Wildman–Crippen MR) is 122 cm³/mol. The van der Waals surface area contributed by atoms with E-state index >= 15 is 0 Å². The zero-order valence-electron chi connectivity index (χ0n) is 16.3. The van der Waals surface area contributed by atoms with E-state index in [9.17, 15) is 9.59 Å². The molecular weight excluding hydrogens is 400 g/mol. The summed E-state index contributed by atoms with van der Waals surface area (Å²) in [6, 6.07) is 17.9. The average molecular weight is 423 g/mol. The Kier molecular flexibility index (Phi) is 5.74. The first-order valence-electron chi connectivity index (χ1n) is 9.44. The zero-order chi connectivity index (χ0) is 20.4. The van der Waals surface area contributed by atoms with Gasteiger partial charge in [-0.05, 0) is 66.2 Å². The van der Waals surface area contributed by atoms with Crippen LogP contribution >= 0.6 is 23.1 Å². The van der Waals surface area contributed by atoms with Crippen LogP contribution in [0.1, 0.15) is 26.9 Å². The van der Waals surface area contributed by atoms with Crippen LogP contribution in [0.15, 0.2) is 60.0 Å². The van der Waals surface area contributed by atoms with Crippen LogP contribution in [0.2, 0.25) is 0 Å². The van der Waals surface area contributed by atoms with E-state index in [2.05, 4.69) is 23.5 Å². The lowest BCUT2D eigenvalue weighted by Crippen LogP contribution is -2.28. The maximum Gasteiger partial charge on any atom is 0.238 e. The average Bonchev–Trinajstić information content (AvgIpc) is 3.31. The van der Waals surface area contributed by atoms with Gasteiger partial charge in [0, 0.05) is 16.3 Å². The van der Waals surface area contributed by atoms with Gasteiger partial charge in [-0.1, -0.05) is 24.3 Å². The highest BCUT2D eigenvalue weighted by atomic mass is 32.2. The number of hydrogen-bond donors (Lipinski definition) is 1. The number of nitrogens with zero attached hydrogens (tertiary/aromatic N) is 1. The van der Waals surface area contributed by atoms with Crippen molar-refractivity contribution in [1.29, 1.82) is 0 Å². The number of thiophene rings is 1. The number of thioether (sulfide) groups is 1. The fourth-order valence-electron chi connectivity index (χ4n) is 3.55. The Morgan fingerprint density at radius 1 is 1.10 bits per heavy atom. The van der Waals surface area contributed by atoms with Crippen molar-refractivity contribution in [3.63, 3.8) is 0 Å². The minimum atomic E-state index is -0.0560. The van der Waals surface area contributed by atoms with Gasteiger partial charge in [-0.15, -0.1) is 23.1 Å². The standard InChI is InChI=1S/C23H22N2O2S2/c1-15-10-16(2)12-19(11-15)25-22(27)14-29-23(25)17-5-7-18(8-6-17)24-21(26)13-20-4-3-9-28-20/h3-12,23H,13-14H2,1-2H3,(H,24,26)/t23-/m0/s1. The summed E-state index contributed by atoms with van der Waals surface area (Å²) in [6.45, 7) is 4.10. The van der Waals surface area contributed by atoms with E-state index in [-0.39, 0.29) is 17.2 Å². The third-order valence-electron chi connectivity index (χ3n) is 4.75. The van der Waals surface area contributed by atoms with Crippen LogP contribution in [0.3, 0.4) is 0 Å². The van der Waals surface area contributed by atoms with Gasteiger partial charge in [-0.25, -0.2) is 0 Å². The summed E-state index contributed by atoms with van der Waals surface area (Å²) in [5.41, 5.74) is 5.05. The maximum atomic E-state index is 12.6. The van der Waals surface area contributed by atoms with E-state index in [1.165, 1.54) is 0 Å². The molecule has 1 N–H and O–H groups in total. The van der Waals surface area contributed by atoms with E-state index in [1.54, 1.807) is 23.1 Å². The van der Waals surface area contributed by atoms with Gasteiger partial charge in [0.2, 0.25) is 11.8 Å². The summed E-state index contributed by atoms with van der Waals surface area (Å²) < 4.78 is 0. The van der Waals surface area contributed by atoms with Crippen molar-refractivity contribution in [3.8, 4) is 0 Å². The second kappa shape index (κ2) is 8.43. The Morgan fingerprint density at radius 3 is 2.48 bits per heavy atom. The topological polar surface area (TPSA) is 49.4 Å². The van der Waals surface area contributed by atoms with Crippen LogP contribution in [-0.2, 0) is 16.0 Å². The molecule has 0 unspecified atom stereocenters. The Labute approximate surface area is 178 Å². The van der Waals surface area contributed by atoms with Crippen molar-refractivity contribution >= 4 is 46.3 Å². The molecule has 6 heteroatoms. The van der Waals surface area contributed by atoms with Gasteiger partial charge in [0.25, 0.3) is 0 Å². The summed E-state index contributed by atoms with van der Waals surface area (Å²) in [5.74, 6) is 0.567. The van der Waals surface area contributed by atoms with E-state index in [0.29, 0.717) is 12.2 Å². The highest BCUT2D eigenvalue weighted by molar-refractivity contribution is 8.00. The minimum Gasteiger partial charge on any atom is -0.326 e. The lowest BCUT2D eigenvalue weighted by molar-refractivity contribution is -0.116. The number of aryl methyl sites for hydroxylation is 2. The lowest BCUT2D eigenvalue weighted by atomic mass is 10.1. The molecule has 0 spiro atoms. The molecule has 0 saturated carbocycles. The maximum absolute atomic E-state index is 12.6. The molecule has 0 radical (unpaired) electrons. The molecule has 4 rings (SSSR count). The molecule has 148 valence electrons. The molecule has 1 atom stereocenters. The van der Waals surface area contributed by atoms with Gasteiger partial charge in [-0.3, -0.25) is 14.5 Å². The second-order valence-corrected chi connectivity index (χ2v) is 9.30. The van der Waals surface area contributed by atoms with Crippen molar-refractivity contribution < 1.29 is 9.59 Å². The Balaban J connectivity index is 1.50. The van der Waals surface area contributed by atoms with Gasteiger partial charge in [-0.2, -0.15) is 0 Å². The summed E-state index contributed by atoms with van der Waals surface area (Å²) in [6.07, 6.45) is 0.382. The summed E-state index contributed by atoms with van der Waals surface area (Å²) >= 11 is 3.21. The fraction of sp³-hybridized carbons (Fsp3) is 0.217. The molecule has 1 fully saturated rings. The summed E-state index contributed by atoms with van der Waals surface area (Å²) in [5, 5.41) is 4.86. The molecule has 29 heavy (non-hydrogen) atoms. The summed E-state index contributed by atoms with van der Waals surface area (Å²) in [4.78, 5) is 27.7. The van der Waals surface area contributed by atoms with Gasteiger partial charge in [0.1, 0.15) is 5.37 Å². The van der Waals surface area contributed by atoms with E-state index in [1.807, 2.05) is 60.5 Å². The Hall–Kier alpha value is -2.57. The normalized spacial score (nSPS) is 16.3. The third kappa shape index (κ3) is 4.54. The SMILES string of the molecule is Cc1cc(C)cc(N2C(=O)CS[C@H]2c2ccc(NC(=O)Cc3cccs3)cc2)c1. The highest BCUT2D eigenvalue weighted by Crippen LogP contribution is 2.42. The fourth-order valence-corrected chi connectivity index (χ4v) is 5.43. The first kappa shape index (κ1) is 19.7. The molecule has 1 aromatic heterocycles. The first-order valence-corrected chi connectivity index (χ1v) is 11.4. The van der Waals surface area contributed by atoms with E-state index in [0.717, 1.165) is 32.9 Å². The molecule has 1 saturated heterocycles. The molecule has 2 heterocycles. The smallest absolute Gasteiger partial charge is 0.238 e. The van der Waals surface area contributed by atoms with Gasteiger partial charge in [0.05, 0.1) is 12.2 Å². The minimum absolute atomic E-state index is 0.0255. The largest absolute Gasteiger partial charge is 0.326 e. The molecule has 1 aliphatic rings. The molecule has 2 aromatic carbocycles. The van der Waals surface area contributed by atoms with Crippen LogP contribution in [-0.4, -0.2) is 17.6 Å². The van der Waals surface area contributed by atoms with E-state index in [4.69, 9.17) is 0 Å². The molecule has 4 nitrogen and oxygen atoms in total. The zero-order valence-corrected chi connectivity index (χ0v) is 18.0. The van der Waals surface area contributed by atoms with Gasteiger partial charge < -0.3 is 5.32 Å². The van der Waals surface area contributed by atoms with Crippen molar-refractivity contribution in [2.24, 2.45) is 0 Å². The quantitative estimate of drug-likeness (QED) is 0.605. The van der Waals surface area contributed by atoms with Crippen LogP contribution in [0.5, 0.6) is 0 Å². The van der Waals surface area contributed by atoms with Crippen LogP contribution in [0, 0.1) is 13.8 Å². The second-order valence-electron chi connectivity index (χ2n) is 7.20. The summed E-state index contributed by atoms with van der Waals surface area (Å²) in [7, 11) is 0. The highest BCUT2D eigenvalue weighted by Gasteiger charge is 2.34. The molecule has 0 aliphatic carbocycles. The first-order chi connectivity index (χ1) is 14.0. The molecule has 0 bridgehead atoms. The van der Waals surface area contributed by atoms with Gasteiger partial charge >= 0.3 is 0 Å². The Morgan fingerprint density at radius 2 is 1.83 bits per heavy atom. The number of hydrogen-bond acceptors (Lipinski definition) is 4. The van der Waals surface area contributed by atoms with Crippen LogP contribution in [0.4, 0.5) is 11.4 Å². The lowest BCUT2D eigenvalue weighted by Gasteiger charge is -2.25. The predicted octanol–water partition coefficient (Wildman–Crippen LogP) is 5.32. The van der Waals surface area contributed by atoms with E-state index < -0.39 is 0 Å². The number of benzene rings is 2. The number of amides is 2. The number of nitrogens with one attached hydrogen (secondary N) is 1. The van der Waals surface area contributed by atoms with Crippen molar-refractivity contribution in [2.75, 3.05) is 16.0 Å². The van der Waals surface area contributed by atoms with Gasteiger partial charge in [0.15, 0.2) is 0 Å². The molecule has 3 aromatic rings. The number of carbonyl (C=O) groups excluding carboxylic acids is 2. The molecular formula is C23H22N2O2S2. The Bertz CT molecular complexity index is 1010. The number of carbonyl (C=O) groups is 2. The van der Waals surface area contributed by atoms with Crippen molar-refractivity contribution in [3.05, 3.63) is 81.5 Å². The third-order valence-corrected chi connectivity index (χ3v) is 6.84. The number of rotatable bonds is 5. The van der Waals surface area contributed by atoms with Crippen LogP contribution in [0.25, 0.3) is 0 Å². The monoisotopic (exact) mass is 422 g/mol. The van der Waals surface area contributed by atoms with Crippen molar-refractivity contribution in [2.45, 2.75) is 25.6 Å². The molecule has 2 amide bonds. The number of anilines is 2. The molecule has 1 aliphatic heterocycles. The van der Waals surface area contributed by atoms with Crippen molar-refractivity contribution in [1.82, 2.24) is 0 Å².